The smallest absolute Gasteiger partial charge is 0.257 e. The molecule has 1 aromatic carbocycles. The minimum Gasteiger partial charge on any atom is -0.483 e. The van der Waals surface area contributed by atoms with Crippen molar-refractivity contribution in [2.75, 3.05) is 26.2 Å². The lowest BCUT2D eigenvalue weighted by Crippen LogP contribution is -2.41. The lowest BCUT2D eigenvalue weighted by atomic mass is 9.86. The van der Waals surface area contributed by atoms with E-state index in [4.69, 9.17) is 4.74 Å². The van der Waals surface area contributed by atoms with Gasteiger partial charge in [-0.3, -0.25) is 9.69 Å². The van der Waals surface area contributed by atoms with E-state index in [0.29, 0.717) is 6.04 Å². The number of likely N-dealkylation sites (tertiary alicyclic amines) is 1. The SMILES string of the molecule is CCN1CCCC1CNC(=O)COc1ccccc1C(C)(C)C. The van der Waals surface area contributed by atoms with Crippen molar-refractivity contribution in [2.24, 2.45) is 0 Å². The summed E-state index contributed by atoms with van der Waals surface area (Å²) in [5, 5.41) is 3.01. The minimum atomic E-state index is -0.0448. The number of rotatable bonds is 6. The van der Waals surface area contributed by atoms with E-state index in [1.165, 1.54) is 12.8 Å². The minimum absolute atomic E-state index is 0.00144. The van der Waals surface area contributed by atoms with Crippen LogP contribution in [0.25, 0.3) is 0 Å². The largest absolute Gasteiger partial charge is 0.483 e. The maximum absolute atomic E-state index is 12.1. The monoisotopic (exact) mass is 318 g/mol. The highest BCUT2D eigenvalue weighted by Gasteiger charge is 2.23. The molecule has 0 aromatic heterocycles. The number of carbonyl (C=O) groups excluding carboxylic acids is 1. The van der Waals surface area contributed by atoms with Gasteiger partial charge in [-0.05, 0) is 43.0 Å². The second kappa shape index (κ2) is 7.82. The molecule has 1 aromatic rings. The van der Waals surface area contributed by atoms with Crippen molar-refractivity contribution in [3.05, 3.63) is 29.8 Å². The lowest BCUT2D eigenvalue weighted by molar-refractivity contribution is -0.123. The van der Waals surface area contributed by atoms with Crippen LogP contribution in [0, 0.1) is 0 Å². The van der Waals surface area contributed by atoms with Crippen molar-refractivity contribution in [3.63, 3.8) is 0 Å². The number of likely N-dealkylation sites (N-methyl/N-ethyl adjacent to an activating group) is 1. The van der Waals surface area contributed by atoms with Gasteiger partial charge in [0.15, 0.2) is 6.61 Å². The third-order valence-electron chi connectivity index (χ3n) is 4.49. The summed E-state index contributed by atoms with van der Waals surface area (Å²) in [6, 6.07) is 8.42. The Morgan fingerprint density at radius 3 is 2.78 bits per heavy atom. The van der Waals surface area contributed by atoms with E-state index in [9.17, 15) is 4.79 Å². The normalized spacial score (nSPS) is 18.9. The van der Waals surface area contributed by atoms with E-state index in [1.54, 1.807) is 0 Å². The fraction of sp³-hybridized carbons (Fsp3) is 0.632. The molecular formula is C19H30N2O2. The predicted molar refractivity (Wildman–Crippen MR) is 93.9 cm³/mol. The zero-order valence-electron chi connectivity index (χ0n) is 14.9. The van der Waals surface area contributed by atoms with Crippen molar-refractivity contribution in [1.82, 2.24) is 10.2 Å². The van der Waals surface area contributed by atoms with Gasteiger partial charge in [-0.2, -0.15) is 0 Å². The van der Waals surface area contributed by atoms with Crippen molar-refractivity contribution in [3.8, 4) is 5.75 Å². The zero-order chi connectivity index (χ0) is 16.9. The van der Waals surface area contributed by atoms with E-state index < -0.39 is 0 Å². The van der Waals surface area contributed by atoms with Crippen LogP contribution < -0.4 is 10.1 Å². The molecule has 1 fully saturated rings. The Morgan fingerprint density at radius 2 is 2.09 bits per heavy atom. The summed E-state index contributed by atoms with van der Waals surface area (Å²) in [6.45, 7) is 11.6. The maximum atomic E-state index is 12.1. The van der Waals surface area contributed by atoms with Crippen molar-refractivity contribution < 1.29 is 9.53 Å². The maximum Gasteiger partial charge on any atom is 0.257 e. The van der Waals surface area contributed by atoms with Gasteiger partial charge in [-0.1, -0.05) is 45.9 Å². The molecule has 1 aliphatic heterocycles. The van der Waals surface area contributed by atoms with Crippen molar-refractivity contribution >= 4 is 5.91 Å². The number of hydrogen-bond acceptors (Lipinski definition) is 3. The van der Waals surface area contributed by atoms with E-state index in [0.717, 1.165) is 30.9 Å². The molecule has 0 spiro atoms. The van der Waals surface area contributed by atoms with Crippen LogP contribution in [-0.4, -0.2) is 43.1 Å². The summed E-state index contributed by atoms with van der Waals surface area (Å²) in [6.07, 6.45) is 2.39. The van der Waals surface area contributed by atoms with Crippen LogP contribution in [0.4, 0.5) is 0 Å². The third kappa shape index (κ3) is 4.96. The average Bonchev–Trinajstić information content (AvgIpc) is 2.97. The van der Waals surface area contributed by atoms with Crippen molar-refractivity contribution in [2.45, 2.75) is 52.0 Å². The Hall–Kier alpha value is -1.55. The quantitative estimate of drug-likeness (QED) is 0.877. The number of ether oxygens (including phenoxy) is 1. The molecule has 23 heavy (non-hydrogen) atoms. The standard InChI is InChI=1S/C19H30N2O2/c1-5-21-12-8-9-15(21)13-20-18(22)14-23-17-11-7-6-10-16(17)19(2,3)4/h6-7,10-11,15H,5,8-9,12-14H2,1-4H3,(H,20,22). The van der Waals surface area contributed by atoms with Gasteiger partial charge >= 0.3 is 0 Å². The molecule has 0 radical (unpaired) electrons. The van der Waals surface area contributed by atoms with Crippen molar-refractivity contribution in [1.29, 1.82) is 0 Å². The molecule has 0 bridgehead atoms. The van der Waals surface area contributed by atoms with E-state index in [2.05, 4.69) is 44.0 Å². The number of benzene rings is 1. The Kier molecular flexibility index (Phi) is 6.05. The molecule has 1 saturated heterocycles. The molecule has 128 valence electrons. The topological polar surface area (TPSA) is 41.6 Å². The highest BCUT2D eigenvalue weighted by atomic mass is 16.5. The van der Waals surface area contributed by atoms with Gasteiger partial charge in [-0.15, -0.1) is 0 Å². The third-order valence-corrected chi connectivity index (χ3v) is 4.49. The number of hydrogen-bond donors (Lipinski definition) is 1. The second-order valence-corrected chi connectivity index (χ2v) is 7.26. The molecule has 1 atom stereocenters. The number of carbonyl (C=O) groups is 1. The van der Waals surface area contributed by atoms with Crippen LogP contribution in [-0.2, 0) is 10.2 Å². The molecule has 1 aliphatic rings. The number of nitrogens with zero attached hydrogens (tertiary/aromatic N) is 1. The summed E-state index contributed by atoms with van der Waals surface area (Å²) >= 11 is 0. The van der Waals surface area contributed by atoms with Crippen LogP contribution in [0.5, 0.6) is 5.75 Å². The Bertz CT molecular complexity index is 522. The number of amides is 1. The molecule has 0 aliphatic carbocycles. The summed E-state index contributed by atoms with van der Waals surface area (Å²) in [4.78, 5) is 14.5. The van der Waals surface area contributed by atoms with Gasteiger partial charge in [0.05, 0.1) is 0 Å². The second-order valence-electron chi connectivity index (χ2n) is 7.26. The molecule has 1 N–H and O–H groups in total. The first-order valence-electron chi connectivity index (χ1n) is 8.65. The fourth-order valence-corrected chi connectivity index (χ4v) is 3.18. The molecule has 4 nitrogen and oxygen atoms in total. The van der Waals surface area contributed by atoms with E-state index in [1.807, 2.05) is 18.2 Å². The molecule has 1 unspecified atom stereocenters. The average molecular weight is 318 g/mol. The Balaban J connectivity index is 1.83. The predicted octanol–water partition coefficient (Wildman–Crippen LogP) is 2.96. The Morgan fingerprint density at radius 1 is 1.35 bits per heavy atom. The highest BCUT2D eigenvalue weighted by molar-refractivity contribution is 5.77. The molecule has 2 rings (SSSR count). The van der Waals surface area contributed by atoms with Crippen LogP contribution in [0.15, 0.2) is 24.3 Å². The van der Waals surface area contributed by atoms with E-state index >= 15 is 0 Å². The molecule has 1 heterocycles. The molecule has 1 amide bonds. The van der Waals surface area contributed by atoms with Crippen LogP contribution in [0.2, 0.25) is 0 Å². The molecular weight excluding hydrogens is 288 g/mol. The zero-order valence-corrected chi connectivity index (χ0v) is 14.9. The van der Waals surface area contributed by atoms with Gasteiger partial charge in [-0.25, -0.2) is 0 Å². The number of para-hydroxylation sites is 1. The highest BCUT2D eigenvalue weighted by Crippen LogP contribution is 2.30. The molecule has 0 saturated carbocycles. The van der Waals surface area contributed by atoms with Crippen LogP contribution in [0.1, 0.15) is 46.1 Å². The van der Waals surface area contributed by atoms with Gasteiger partial charge in [0, 0.05) is 12.6 Å². The number of nitrogens with one attached hydrogen (secondary N) is 1. The Labute approximate surface area is 140 Å². The van der Waals surface area contributed by atoms with Crippen LogP contribution >= 0.6 is 0 Å². The first-order chi connectivity index (χ1) is 10.9. The van der Waals surface area contributed by atoms with Gasteiger partial charge in [0.2, 0.25) is 0 Å². The summed E-state index contributed by atoms with van der Waals surface area (Å²) < 4.78 is 5.77. The summed E-state index contributed by atoms with van der Waals surface area (Å²) in [7, 11) is 0. The van der Waals surface area contributed by atoms with E-state index in [-0.39, 0.29) is 17.9 Å². The first-order valence-corrected chi connectivity index (χ1v) is 8.65. The van der Waals surface area contributed by atoms with Gasteiger partial charge in [0.25, 0.3) is 5.91 Å². The van der Waals surface area contributed by atoms with Gasteiger partial charge < -0.3 is 10.1 Å². The first kappa shape index (κ1) is 17.8. The van der Waals surface area contributed by atoms with Crippen LogP contribution in [0.3, 0.4) is 0 Å². The summed E-state index contributed by atoms with van der Waals surface area (Å²) in [5.74, 6) is 0.753. The molecule has 4 heteroatoms. The lowest BCUT2D eigenvalue weighted by Gasteiger charge is -2.24. The van der Waals surface area contributed by atoms with Gasteiger partial charge in [0.1, 0.15) is 5.75 Å². The summed E-state index contributed by atoms with van der Waals surface area (Å²) in [5.41, 5.74) is 1.12. The fourth-order valence-electron chi connectivity index (χ4n) is 3.18.